The molecule has 72 valence electrons. The van der Waals surface area contributed by atoms with Crippen molar-refractivity contribution in [2.75, 3.05) is 0 Å². The Morgan fingerprint density at radius 1 is 1.64 bits per heavy atom. The summed E-state index contributed by atoms with van der Waals surface area (Å²) in [4.78, 5) is 2.73. The van der Waals surface area contributed by atoms with Crippen LogP contribution in [0.3, 0.4) is 0 Å². The van der Waals surface area contributed by atoms with Crippen molar-refractivity contribution in [2.24, 2.45) is 5.11 Å². The molecule has 1 aromatic rings. The van der Waals surface area contributed by atoms with Gasteiger partial charge in [-0.15, -0.1) is 0 Å². The lowest BCUT2D eigenvalue weighted by Crippen LogP contribution is -2.05. The van der Waals surface area contributed by atoms with E-state index < -0.39 is 0 Å². The maximum atomic E-state index is 8.20. The van der Waals surface area contributed by atoms with E-state index in [4.69, 9.17) is 10.3 Å². The molecule has 0 amide bonds. The maximum Gasteiger partial charge on any atom is 0.123 e. The molecule has 4 heteroatoms. The van der Waals surface area contributed by atoms with Crippen LogP contribution < -0.4 is 4.74 Å². The van der Waals surface area contributed by atoms with Gasteiger partial charge >= 0.3 is 0 Å². The van der Waals surface area contributed by atoms with E-state index >= 15 is 0 Å². The molecule has 0 saturated carbocycles. The molecule has 1 unspecified atom stereocenters. The van der Waals surface area contributed by atoms with E-state index in [1.165, 1.54) is 5.56 Å². The Morgan fingerprint density at radius 3 is 3.29 bits per heavy atom. The van der Waals surface area contributed by atoms with Crippen LogP contribution >= 0.6 is 0 Å². The minimum atomic E-state index is 0.264. The van der Waals surface area contributed by atoms with Crippen molar-refractivity contribution in [3.63, 3.8) is 0 Å². The van der Waals surface area contributed by atoms with Crippen LogP contribution in [0.25, 0.3) is 10.4 Å². The summed E-state index contributed by atoms with van der Waals surface area (Å²) in [5.41, 5.74) is 10.4. The lowest BCUT2D eigenvalue weighted by molar-refractivity contribution is 0.254. The molecule has 4 nitrogen and oxygen atoms in total. The average molecular weight is 189 g/mol. The van der Waals surface area contributed by atoms with E-state index in [0.29, 0.717) is 6.54 Å². The molecule has 2 rings (SSSR count). The molecule has 0 fully saturated rings. The second-order valence-electron chi connectivity index (χ2n) is 3.46. The normalized spacial score (nSPS) is 18.2. The monoisotopic (exact) mass is 189 g/mol. The fourth-order valence-corrected chi connectivity index (χ4v) is 1.69. The van der Waals surface area contributed by atoms with Gasteiger partial charge in [0.2, 0.25) is 0 Å². The van der Waals surface area contributed by atoms with Crippen molar-refractivity contribution < 1.29 is 4.74 Å². The van der Waals surface area contributed by atoms with E-state index in [2.05, 4.69) is 10.0 Å². The predicted molar refractivity (Wildman–Crippen MR) is 53.1 cm³/mol. The van der Waals surface area contributed by atoms with Crippen molar-refractivity contribution in [1.29, 1.82) is 0 Å². The second kappa shape index (κ2) is 3.60. The number of ether oxygens (including phenoxy) is 1. The van der Waals surface area contributed by atoms with Gasteiger partial charge in [-0.05, 0) is 29.6 Å². The summed E-state index contributed by atoms with van der Waals surface area (Å²) in [6.45, 7) is 2.46. The summed E-state index contributed by atoms with van der Waals surface area (Å²) in [6, 6.07) is 5.93. The maximum absolute atomic E-state index is 8.20. The second-order valence-corrected chi connectivity index (χ2v) is 3.46. The molecule has 14 heavy (non-hydrogen) atoms. The first-order valence-electron chi connectivity index (χ1n) is 4.59. The van der Waals surface area contributed by atoms with Gasteiger partial charge in [-0.25, -0.2) is 0 Å². The van der Waals surface area contributed by atoms with Gasteiger partial charge in [0, 0.05) is 11.3 Å². The standard InChI is InChI=1S/C10H11N3O/c1-7-4-9-5-8(6-12-13-11)2-3-10(9)14-7/h2-3,5,7H,4,6H2,1H3. The summed E-state index contributed by atoms with van der Waals surface area (Å²) < 4.78 is 5.56. The number of benzene rings is 1. The van der Waals surface area contributed by atoms with Gasteiger partial charge in [0.05, 0.1) is 6.54 Å². The van der Waals surface area contributed by atoms with Gasteiger partial charge in [-0.3, -0.25) is 0 Å². The zero-order chi connectivity index (χ0) is 9.97. The minimum Gasteiger partial charge on any atom is -0.490 e. The Bertz CT molecular complexity index is 396. The Hall–Kier alpha value is -1.67. The fourth-order valence-electron chi connectivity index (χ4n) is 1.69. The number of nitrogens with zero attached hydrogens (tertiary/aromatic N) is 3. The molecule has 1 aromatic carbocycles. The predicted octanol–water partition coefficient (Wildman–Crippen LogP) is 2.82. The first kappa shape index (κ1) is 8.91. The van der Waals surface area contributed by atoms with E-state index in [1.807, 2.05) is 25.1 Å². The van der Waals surface area contributed by atoms with Crippen molar-refractivity contribution in [2.45, 2.75) is 26.0 Å². The first-order valence-corrected chi connectivity index (χ1v) is 4.59. The number of hydrogen-bond acceptors (Lipinski definition) is 2. The molecule has 1 aliphatic rings. The Morgan fingerprint density at radius 2 is 2.50 bits per heavy atom. The zero-order valence-electron chi connectivity index (χ0n) is 7.97. The Labute approximate surface area is 82.1 Å². The van der Waals surface area contributed by atoms with Crippen LogP contribution in [0.15, 0.2) is 23.3 Å². The van der Waals surface area contributed by atoms with Crippen LogP contribution in [0.5, 0.6) is 5.75 Å². The molecule has 0 bridgehead atoms. The Balaban J connectivity index is 2.23. The summed E-state index contributed by atoms with van der Waals surface area (Å²) >= 11 is 0. The summed E-state index contributed by atoms with van der Waals surface area (Å²) in [7, 11) is 0. The smallest absolute Gasteiger partial charge is 0.123 e. The van der Waals surface area contributed by atoms with Gasteiger partial charge in [0.15, 0.2) is 0 Å². The van der Waals surface area contributed by atoms with E-state index in [1.54, 1.807) is 0 Å². The van der Waals surface area contributed by atoms with Crippen molar-refractivity contribution in [3.8, 4) is 5.75 Å². The van der Waals surface area contributed by atoms with Gasteiger partial charge in [-0.2, -0.15) is 0 Å². The number of rotatable bonds is 2. The highest BCUT2D eigenvalue weighted by molar-refractivity contribution is 5.40. The number of fused-ring (bicyclic) bond motifs is 1. The molecule has 0 aliphatic carbocycles. The third-order valence-electron chi connectivity index (χ3n) is 2.28. The molecule has 0 spiro atoms. The van der Waals surface area contributed by atoms with Crippen LogP contribution in [-0.2, 0) is 13.0 Å². The van der Waals surface area contributed by atoms with Gasteiger partial charge in [0.1, 0.15) is 11.9 Å². The number of hydrogen-bond donors (Lipinski definition) is 0. The van der Waals surface area contributed by atoms with Crippen LogP contribution in [-0.4, -0.2) is 6.10 Å². The van der Waals surface area contributed by atoms with E-state index in [9.17, 15) is 0 Å². The van der Waals surface area contributed by atoms with Gasteiger partial charge in [0.25, 0.3) is 0 Å². The summed E-state index contributed by atoms with van der Waals surface area (Å²) in [5, 5.41) is 3.53. The zero-order valence-corrected chi connectivity index (χ0v) is 7.97. The molecule has 1 aliphatic heterocycles. The van der Waals surface area contributed by atoms with Crippen molar-refractivity contribution in [3.05, 3.63) is 39.8 Å². The largest absolute Gasteiger partial charge is 0.490 e. The third kappa shape index (κ3) is 1.65. The van der Waals surface area contributed by atoms with Gasteiger partial charge in [-0.1, -0.05) is 17.2 Å². The summed E-state index contributed by atoms with van der Waals surface area (Å²) in [5.74, 6) is 0.960. The molecule has 0 saturated heterocycles. The highest BCUT2D eigenvalue weighted by Crippen LogP contribution is 2.29. The average Bonchev–Trinajstić information content (AvgIpc) is 2.54. The molecule has 1 heterocycles. The van der Waals surface area contributed by atoms with Crippen LogP contribution in [0.1, 0.15) is 18.1 Å². The van der Waals surface area contributed by atoms with E-state index in [0.717, 1.165) is 17.7 Å². The summed E-state index contributed by atoms with van der Waals surface area (Å²) in [6.07, 6.45) is 1.21. The molecule has 1 atom stereocenters. The first-order chi connectivity index (χ1) is 6.79. The van der Waals surface area contributed by atoms with Crippen LogP contribution in [0.2, 0.25) is 0 Å². The van der Waals surface area contributed by atoms with Crippen LogP contribution in [0.4, 0.5) is 0 Å². The molecule has 0 N–H and O–H groups in total. The molecular weight excluding hydrogens is 178 g/mol. The van der Waals surface area contributed by atoms with Crippen molar-refractivity contribution in [1.82, 2.24) is 0 Å². The topological polar surface area (TPSA) is 58.0 Å². The molecular formula is C10H11N3O. The highest BCUT2D eigenvalue weighted by atomic mass is 16.5. The SMILES string of the molecule is CC1Cc2cc(CN=[N+]=[N-])ccc2O1. The molecule has 0 aromatic heterocycles. The third-order valence-corrected chi connectivity index (χ3v) is 2.28. The lowest BCUT2D eigenvalue weighted by atomic mass is 10.1. The van der Waals surface area contributed by atoms with Crippen LogP contribution in [0, 0.1) is 0 Å². The highest BCUT2D eigenvalue weighted by Gasteiger charge is 2.18. The van der Waals surface area contributed by atoms with E-state index in [-0.39, 0.29) is 6.10 Å². The van der Waals surface area contributed by atoms with Crippen molar-refractivity contribution >= 4 is 0 Å². The van der Waals surface area contributed by atoms with Gasteiger partial charge < -0.3 is 4.74 Å². The Kier molecular flexibility index (Phi) is 2.29. The number of azide groups is 1. The molecule has 0 radical (unpaired) electrons. The quantitative estimate of drug-likeness (QED) is 0.401. The minimum absolute atomic E-state index is 0.264. The lowest BCUT2D eigenvalue weighted by Gasteiger charge is -2.02. The fraction of sp³-hybridized carbons (Fsp3) is 0.400.